The van der Waals surface area contributed by atoms with E-state index in [-0.39, 0.29) is 6.61 Å². The number of nitrogens with zero attached hydrogens (tertiary/aromatic N) is 2. The van der Waals surface area contributed by atoms with Crippen LogP contribution in [0.3, 0.4) is 0 Å². The summed E-state index contributed by atoms with van der Waals surface area (Å²) in [5.41, 5.74) is 1.43. The van der Waals surface area contributed by atoms with Gasteiger partial charge in [0.25, 0.3) is 0 Å². The van der Waals surface area contributed by atoms with Crippen molar-refractivity contribution in [2.24, 2.45) is 7.05 Å². The monoisotopic (exact) mass is 278 g/mol. The summed E-state index contributed by atoms with van der Waals surface area (Å²) in [6.45, 7) is 2.00. The van der Waals surface area contributed by atoms with Crippen LogP contribution in [-0.2, 0) is 11.8 Å². The predicted molar refractivity (Wildman–Crippen MR) is 71.1 cm³/mol. The van der Waals surface area contributed by atoms with E-state index in [9.17, 15) is 9.18 Å². The number of carbonyl (C=O) groups excluding carboxylic acids is 1. The van der Waals surface area contributed by atoms with Crippen LogP contribution < -0.4 is 4.74 Å². The summed E-state index contributed by atoms with van der Waals surface area (Å²) < 4.78 is 25.0. The highest BCUT2D eigenvalue weighted by Crippen LogP contribution is 2.32. The van der Waals surface area contributed by atoms with Crippen molar-refractivity contribution in [3.8, 4) is 17.0 Å². The second kappa shape index (κ2) is 5.73. The van der Waals surface area contributed by atoms with E-state index in [1.807, 2.05) is 0 Å². The third-order valence-corrected chi connectivity index (χ3v) is 2.85. The highest BCUT2D eigenvalue weighted by atomic mass is 19.1. The van der Waals surface area contributed by atoms with E-state index >= 15 is 0 Å². The van der Waals surface area contributed by atoms with Crippen molar-refractivity contribution in [3.63, 3.8) is 0 Å². The molecule has 0 radical (unpaired) electrons. The molecule has 106 valence electrons. The number of ether oxygens (including phenoxy) is 2. The van der Waals surface area contributed by atoms with Crippen LogP contribution in [0.1, 0.15) is 17.3 Å². The Hall–Kier alpha value is -2.37. The molecule has 20 heavy (non-hydrogen) atoms. The Morgan fingerprint density at radius 2 is 2.20 bits per heavy atom. The molecule has 0 fully saturated rings. The molecule has 2 aromatic rings. The molecule has 1 aromatic heterocycles. The summed E-state index contributed by atoms with van der Waals surface area (Å²) in [5, 5.41) is 4.06. The summed E-state index contributed by atoms with van der Waals surface area (Å²) in [6, 6.07) is 4.12. The van der Waals surface area contributed by atoms with Gasteiger partial charge in [0.2, 0.25) is 0 Å². The van der Waals surface area contributed by atoms with Gasteiger partial charge >= 0.3 is 5.97 Å². The molecule has 0 saturated heterocycles. The minimum absolute atomic E-state index is 0.272. The number of aromatic nitrogens is 2. The van der Waals surface area contributed by atoms with Crippen LogP contribution >= 0.6 is 0 Å². The quantitative estimate of drug-likeness (QED) is 0.806. The van der Waals surface area contributed by atoms with Crippen LogP contribution in [-0.4, -0.2) is 29.5 Å². The van der Waals surface area contributed by atoms with Gasteiger partial charge in [-0.05, 0) is 19.1 Å². The molecule has 1 aromatic carbocycles. The van der Waals surface area contributed by atoms with Gasteiger partial charge in [0.05, 0.1) is 25.6 Å². The Bertz CT molecular complexity index is 637. The summed E-state index contributed by atoms with van der Waals surface area (Å²) in [4.78, 5) is 11.9. The minimum Gasteiger partial charge on any atom is -0.496 e. The molecule has 6 heteroatoms. The van der Waals surface area contributed by atoms with Crippen LogP contribution in [0.15, 0.2) is 24.4 Å². The number of rotatable bonds is 4. The fraction of sp³-hybridized carbons (Fsp3) is 0.286. The number of hydrogen-bond donors (Lipinski definition) is 0. The molecule has 0 unspecified atom stereocenters. The minimum atomic E-state index is -0.470. The molecule has 0 aliphatic heterocycles. The molecule has 0 saturated carbocycles. The number of benzene rings is 1. The average molecular weight is 278 g/mol. The van der Waals surface area contributed by atoms with Gasteiger partial charge in [0, 0.05) is 18.7 Å². The van der Waals surface area contributed by atoms with Crippen molar-refractivity contribution in [1.82, 2.24) is 9.78 Å². The number of carbonyl (C=O) groups is 1. The first-order valence-corrected chi connectivity index (χ1v) is 6.11. The number of hydrogen-bond acceptors (Lipinski definition) is 4. The van der Waals surface area contributed by atoms with Crippen LogP contribution in [0.2, 0.25) is 0 Å². The first kappa shape index (κ1) is 14.0. The summed E-state index contributed by atoms with van der Waals surface area (Å²) in [7, 11) is 3.14. The molecule has 0 bridgehead atoms. The largest absolute Gasteiger partial charge is 0.496 e. The summed E-state index contributed by atoms with van der Waals surface area (Å²) >= 11 is 0. The van der Waals surface area contributed by atoms with Gasteiger partial charge in [-0.2, -0.15) is 5.10 Å². The fourth-order valence-corrected chi connectivity index (χ4v) is 1.98. The summed E-state index contributed by atoms with van der Waals surface area (Å²) in [6.07, 6.45) is 1.43. The van der Waals surface area contributed by atoms with E-state index in [4.69, 9.17) is 9.47 Å². The highest BCUT2D eigenvalue weighted by Gasteiger charge is 2.21. The Kier molecular flexibility index (Phi) is 4.02. The lowest BCUT2D eigenvalue weighted by molar-refractivity contribution is 0.0527. The maximum Gasteiger partial charge on any atom is 0.341 e. The maximum atomic E-state index is 13.3. The van der Waals surface area contributed by atoms with Crippen molar-refractivity contribution >= 4 is 5.97 Å². The zero-order chi connectivity index (χ0) is 14.7. The van der Waals surface area contributed by atoms with E-state index < -0.39 is 11.8 Å². The third-order valence-electron chi connectivity index (χ3n) is 2.85. The molecule has 5 nitrogen and oxygen atoms in total. The average Bonchev–Trinajstić information content (AvgIpc) is 2.81. The lowest BCUT2D eigenvalue weighted by Crippen LogP contribution is -2.07. The smallest absolute Gasteiger partial charge is 0.341 e. The molecule has 1 heterocycles. The molecule has 0 atom stereocenters. The standard InChI is InChI=1S/C14H15FN2O3/c1-4-20-14(18)11-8-16-17(2)13(11)10-6-5-9(15)7-12(10)19-3/h5-8H,4H2,1-3H3. The maximum absolute atomic E-state index is 13.3. The molecule has 0 aliphatic rings. The highest BCUT2D eigenvalue weighted by molar-refractivity contribution is 5.96. The number of aryl methyl sites for hydroxylation is 1. The van der Waals surface area contributed by atoms with Crippen molar-refractivity contribution in [2.75, 3.05) is 13.7 Å². The first-order valence-electron chi connectivity index (χ1n) is 6.11. The molecule has 0 amide bonds. The van der Waals surface area contributed by atoms with E-state index in [2.05, 4.69) is 5.10 Å². The Morgan fingerprint density at radius 3 is 2.85 bits per heavy atom. The second-order valence-electron chi connectivity index (χ2n) is 4.10. The Morgan fingerprint density at radius 1 is 1.45 bits per heavy atom. The zero-order valence-electron chi connectivity index (χ0n) is 11.5. The van der Waals surface area contributed by atoms with E-state index in [0.717, 1.165) is 0 Å². The number of esters is 1. The lowest BCUT2D eigenvalue weighted by atomic mass is 10.1. The molecule has 2 rings (SSSR count). The second-order valence-corrected chi connectivity index (χ2v) is 4.10. The van der Waals surface area contributed by atoms with E-state index in [1.54, 1.807) is 20.0 Å². The topological polar surface area (TPSA) is 53.3 Å². The molecular formula is C14H15FN2O3. The number of methoxy groups -OCH3 is 1. The van der Waals surface area contributed by atoms with Crippen LogP contribution in [0.5, 0.6) is 5.75 Å². The molecule has 0 spiro atoms. The van der Waals surface area contributed by atoms with Crippen LogP contribution in [0, 0.1) is 5.82 Å². The van der Waals surface area contributed by atoms with Crippen molar-refractivity contribution in [1.29, 1.82) is 0 Å². The zero-order valence-corrected chi connectivity index (χ0v) is 11.5. The molecule has 0 aliphatic carbocycles. The van der Waals surface area contributed by atoms with Crippen LogP contribution in [0.4, 0.5) is 4.39 Å². The summed E-state index contributed by atoms with van der Waals surface area (Å²) in [5.74, 6) is -0.549. The van der Waals surface area contributed by atoms with Crippen LogP contribution in [0.25, 0.3) is 11.3 Å². The van der Waals surface area contributed by atoms with Gasteiger partial charge in [-0.1, -0.05) is 0 Å². The first-order chi connectivity index (χ1) is 9.58. The normalized spacial score (nSPS) is 10.4. The Balaban J connectivity index is 2.58. The molecular weight excluding hydrogens is 263 g/mol. The SMILES string of the molecule is CCOC(=O)c1cnn(C)c1-c1ccc(F)cc1OC. The fourth-order valence-electron chi connectivity index (χ4n) is 1.98. The van der Waals surface area contributed by atoms with Gasteiger partial charge in [-0.15, -0.1) is 0 Å². The van der Waals surface area contributed by atoms with Gasteiger partial charge in [-0.25, -0.2) is 9.18 Å². The van der Waals surface area contributed by atoms with Gasteiger partial charge in [-0.3, -0.25) is 4.68 Å². The Labute approximate surface area is 115 Å². The van der Waals surface area contributed by atoms with Gasteiger partial charge in [0.15, 0.2) is 0 Å². The van der Waals surface area contributed by atoms with Gasteiger partial charge in [0.1, 0.15) is 17.1 Å². The lowest BCUT2D eigenvalue weighted by Gasteiger charge is -2.11. The molecule has 0 N–H and O–H groups in total. The van der Waals surface area contributed by atoms with Crippen molar-refractivity contribution < 1.29 is 18.7 Å². The number of halogens is 1. The third kappa shape index (κ3) is 2.49. The van der Waals surface area contributed by atoms with Gasteiger partial charge < -0.3 is 9.47 Å². The van der Waals surface area contributed by atoms with Crippen molar-refractivity contribution in [3.05, 3.63) is 35.8 Å². The van der Waals surface area contributed by atoms with E-state index in [1.165, 1.54) is 30.1 Å². The van der Waals surface area contributed by atoms with Crippen molar-refractivity contribution in [2.45, 2.75) is 6.92 Å². The van der Waals surface area contributed by atoms with E-state index in [0.29, 0.717) is 22.6 Å². The predicted octanol–water partition coefficient (Wildman–Crippen LogP) is 2.41.